The average molecular weight is 373 g/mol. The first-order valence-corrected chi connectivity index (χ1v) is 9.37. The molecule has 3 N–H and O–H groups in total. The highest BCUT2D eigenvalue weighted by Gasteiger charge is 2.28. The van der Waals surface area contributed by atoms with E-state index in [-0.39, 0.29) is 17.4 Å². The molecule has 0 unspecified atom stereocenters. The van der Waals surface area contributed by atoms with Gasteiger partial charge in [0.05, 0.1) is 22.6 Å². The zero-order chi connectivity index (χ0) is 18.5. The lowest BCUT2D eigenvalue weighted by atomic mass is 10.0. The molecule has 1 aromatic heterocycles. The first kappa shape index (κ1) is 16.6. The zero-order valence-corrected chi connectivity index (χ0v) is 14.6. The Hall–Kier alpha value is -2.91. The molecule has 0 radical (unpaired) electrons. The van der Waals surface area contributed by atoms with Crippen LogP contribution < -0.4 is 10.0 Å². The fourth-order valence-corrected chi connectivity index (χ4v) is 3.87. The maximum Gasteiger partial charge on any atom is 0.339 e. The molecule has 0 fully saturated rings. The number of amides is 1. The van der Waals surface area contributed by atoms with Gasteiger partial charge in [0.1, 0.15) is 0 Å². The second-order valence-electron chi connectivity index (χ2n) is 5.91. The van der Waals surface area contributed by atoms with E-state index in [1.54, 1.807) is 18.3 Å². The molecule has 0 bridgehead atoms. The van der Waals surface area contributed by atoms with Gasteiger partial charge in [0.2, 0.25) is 10.0 Å². The minimum absolute atomic E-state index is 0.0678. The standard InChI is InChI=1S/C17H15N3O5S/c1-18-26(23,24)9-2-3-14-11(6-9)12(16(21)20-14)7-15-10-4-5-25-17(22)13(10)8-19-15/h2-3,6-8,18-19H,4-5H2,1H3,(H,20,21). The second kappa shape index (κ2) is 5.82. The summed E-state index contributed by atoms with van der Waals surface area (Å²) in [5, 5.41) is 2.72. The summed E-state index contributed by atoms with van der Waals surface area (Å²) in [7, 11) is -2.30. The lowest BCUT2D eigenvalue weighted by molar-refractivity contribution is -0.110. The van der Waals surface area contributed by atoms with E-state index in [1.807, 2.05) is 0 Å². The number of carbonyl (C=O) groups excluding carboxylic acids is 2. The minimum atomic E-state index is -3.63. The number of aromatic amines is 1. The molecule has 2 aliphatic rings. The summed E-state index contributed by atoms with van der Waals surface area (Å²) < 4.78 is 31.3. The third-order valence-corrected chi connectivity index (χ3v) is 5.88. The molecule has 4 rings (SSSR count). The fraction of sp³-hybridized carbons (Fsp3) is 0.176. The Kier molecular flexibility index (Phi) is 3.70. The van der Waals surface area contributed by atoms with Crippen LogP contribution in [0.15, 0.2) is 29.3 Å². The number of H-pyrrole nitrogens is 1. The van der Waals surface area contributed by atoms with Crippen molar-refractivity contribution in [1.29, 1.82) is 0 Å². The topological polar surface area (TPSA) is 117 Å². The summed E-state index contributed by atoms with van der Waals surface area (Å²) in [6, 6.07) is 4.44. The molecule has 0 atom stereocenters. The largest absolute Gasteiger partial charge is 0.462 e. The molecular formula is C17H15N3O5S. The van der Waals surface area contributed by atoms with E-state index >= 15 is 0 Å². The Morgan fingerprint density at radius 2 is 2.04 bits per heavy atom. The van der Waals surface area contributed by atoms with Crippen molar-refractivity contribution in [1.82, 2.24) is 9.71 Å². The van der Waals surface area contributed by atoms with Crippen LogP contribution in [0, 0.1) is 0 Å². The average Bonchev–Trinajstić information content (AvgIpc) is 3.17. The Morgan fingerprint density at radius 3 is 2.81 bits per heavy atom. The Labute approximate surface area is 149 Å². The molecule has 3 heterocycles. The summed E-state index contributed by atoms with van der Waals surface area (Å²) >= 11 is 0. The number of carbonyl (C=O) groups is 2. The van der Waals surface area contributed by atoms with Gasteiger partial charge in [0, 0.05) is 29.6 Å². The van der Waals surface area contributed by atoms with Crippen molar-refractivity contribution in [2.75, 3.05) is 19.0 Å². The van der Waals surface area contributed by atoms with Crippen LogP contribution in [0.2, 0.25) is 0 Å². The number of cyclic esters (lactones) is 1. The van der Waals surface area contributed by atoms with Gasteiger partial charge in [-0.3, -0.25) is 4.79 Å². The number of aromatic nitrogens is 1. The van der Waals surface area contributed by atoms with Gasteiger partial charge in [-0.2, -0.15) is 0 Å². The van der Waals surface area contributed by atoms with E-state index in [2.05, 4.69) is 15.0 Å². The number of fused-ring (bicyclic) bond motifs is 2. The van der Waals surface area contributed by atoms with E-state index in [0.29, 0.717) is 34.5 Å². The first-order chi connectivity index (χ1) is 12.4. The van der Waals surface area contributed by atoms with Gasteiger partial charge >= 0.3 is 5.97 Å². The molecule has 9 heteroatoms. The van der Waals surface area contributed by atoms with E-state index in [9.17, 15) is 18.0 Å². The normalized spacial score (nSPS) is 17.7. The fourth-order valence-electron chi connectivity index (χ4n) is 3.11. The van der Waals surface area contributed by atoms with Gasteiger partial charge in [0.25, 0.3) is 5.91 Å². The molecule has 0 spiro atoms. The molecule has 0 saturated heterocycles. The molecular weight excluding hydrogens is 358 g/mol. The van der Waals surface area contributed by atoms with E-state index in [4.69, 9.17) is 4.74 Å². The van der Waals surface area contributed by atoms with Crippen LogP contribution in [-0.4, -0.2) is 38.9 Å². The number of hydrogen-bond donors (Lipinski definition) is 3. The Morgan fingerprint density at radius 1 is 1.23 bits per heavy atom. The van der Waals surface area contributed by atoms with Crippen molar-refractivity contribution < 1.29 is 22.7 Å². The summed E-state index contributed by atoms with van der Waals surface area (Å²) in [5.41, 5.74) is 3.24. The third-order valence-electron chi connectivity index (χ3n) is 4.47. The SMILES string of the molecule is CNS(=O)(=O)c1ccc2c(c1)C(=Cc1[nH]cc3c1CCOC3=O)C(=O)N2. The number of sulfonamides is 1. The van der Waals surface area contributed by atoms with Crippen molar-refractivity contribution >= 4 is 39.2 Å². The third kappa shape index (κ3) is 2.52. The highest BCUT2D eigenvalue weighted by Crippen LogP contribution is 2.35. The lowest BCUT2D eigenvalue weighted by Gasteiger charge is -2.12. The number of anilines is 1. The maximum atomic E-state index is 12.4. The molecule has 0 aliphatic carbocycles. The van der Waals surface area contributed by atoms with Crippen molar-refractivity contribution in [3.05, 3.63) is 46.8 Å². The molecule has 1 amide bonds. The molecule has 26 heavy (non-hydrogen) atoms. The van der Waals surface area contributed by atoms with Crippen molar-refractivity contribution in [3.63, 3.8) is 0 Å². The molecule has 8 nitrogen and oxygen atoms in total. The number of ether oxygens (including phenoxy) is 1. The maximum absolute atomic E-state index is 12.4. The second-order valence-corrected chi connectivity index (χ2v) is 7.79. The van der Waals surface area contributed by atoms with Crippen LogP contribution in [0.5, 0.6) is 0 Å². The van der Waals surface area contributed by atoms with Gasteiger partial charge in [-0.1, -0.05) is 0 Å². The summed E-state index contributed by atoms with van der Waals surface area (Å²) in [4.78, 5) is 27.2. The number of nitrogens with one attached hydrogen (secondary N) is 3. The van der Waals surface area contributed by atoms with Crippen molar-refractivity contribution in [2.45, 2.75) is 11.3 Å². The minimum Gasteiger partial charge on any atom is -0.462 e. The van der Waals surface area contributed by atoms with Crippen LogP contribution in [0.1, 0.15) is 27.2 Å². The number of hydrogen-bond acceptors (Lipinski definition) is 5. The highest BCUT2D eigenvalue weighted by molar-refractivity contribution is 7.89. The Bertz CT molecular complexity index is 1080. The van der Waals surface area contributed by atoms with E-state index in [1.165, 1.54) is 19.2 Å². The number of rotatable bonds is 3. The van der Waals surface area contributed by atoms with Gasteiger partial charge in [-0.15, -0.1) is 0 Å². The van der Waals surface area contributed by atoms with E-state index < -0.39 is 16.0 Å². The molecule has 2 aliphatic heterocycles. The monoisotopic (exact) mass is 373 g/mol. The summed E-state index contributed by atoms with van der Waals surface area (Å²) in [5.74, 6) is -0.730. The smallest absolute Gasteiger partial charge is 0.339 e. The molecule has 134 valence electrons. The van der Waals surface area contributed by atoms with E-state index in [0.717, 1.165) is 5.56 Å². The summed E-state index contributed by atoms with van der Waals surface area (Å²) in [6.07, 6.45) is 3.74. The van der Waals surface area contributed by atoms with Gasteiger partial charge < -0.3 is 15.0 Å². The van der Waals surface area contributed by atoms with Crippen molar-refractivity contribution in [3.8, 4) is 0 Å². The number of benzene rings is 1. The zero-order valence-electron chi connectivity index (χ0n) is 13.8. The summed E-state index contributed by atoms with van der Waals surface area (Å²) in [6.45, 7) is 0.285. The predicted molar refractivity (Wildman–Crippen MR) is 94.0 cm³/mol. The highest BCUT2D eigenvalue weighted by atomic mass is 32.2. The number of esters is 1. The van der Waals surface area contributed by atoms with Gasteiger partial charge in [0.15, 0.2) is 0 Å². The molecule has 2 aromatic rings. The predicted octanol–water partition coefficient (Wildman–Crippen LogP) is 1.13. The molecule has 1 aromatic carbocycles. The van der Waals surface area contributed by atoms with Crippen LogP contribution in [-0.2, 0) is 26.0 Å². The van der Waals surface area contributed by atoms with Crippen LogP contribution >= 0.6 is 0 Å². The van der Waals surface area contributed by atoms with Crippen LogP contribution in [0.3, 0.4) is 0 Å². The van der Waals surface area contributed by atoms with Gasteiger partial charge in [-0.25, -0.2) is 17.9 Å². The quantitative estimate of drug-likeness (QED) is 0.551. The van der Waals surface area contributed by atoms with Crippen LogP contribution in [0.25, 0.3) is 11.6 Å². The Balaban J connectivity index is 1.83. The van der Waals surface area contributed by atoms with Crippen LogP contribution in [0.4, 0.5) is 5.69 Å². The molecule has 0 saturated carbocycles. The first-order valence-electron chi connectivity index (χ1n) is 7.89. The van der Waals surface area contributed by atoms with Gasteiger partial charge in [-0.05, 0) is 36.9 Å². The van der Waals surface area contributed by atoms with Crippen molar-refractivity contribution in [2.24, 2.45) is 0 Å². The lowest BCUT2D eigenvalue weighted by Crippen LogP contribution is -2.18.